The quantitative estimate of drug-likeness (QED) is 0.794. The first-order valence-corrected chi connectivity index (χ1v) is 9.26. The lowest BCUT2D eigenvalue weighted by molar-refractivity contribution is 0.0596. The van der Waals surface area contributed by atoms with Crippen molar-refractivity contribution in [3.63, 3.8) is 0 Å². The SMILES string of the molecule is COC(=O)c1ccccc1S(=O)(=O)NC1(CN)CCCCC1C. The molecule has 6 nitrogen and oxygen atoms in total. The Balaban J connectivity index is 2.41. The van der Waals surface area contributed by atoms with Gasteiger partial charge < -0.3 is 10.5 Å². The van der Waals surface area contributed by atoms with Crippen LogP contribution in [0.2, 0.25) is 0 Å². The molecule has 1 fully saturated rings. The molecule has 0 heterocycles. The number of esters is 1. The minimum atomic E-state index is -3.88. The molecule has 1 saturated carbocycles. The van der Waals surface area contributed by atoms with E-state index in [1.54, 1.807) is 12.1 Å². The van der Waals surface area contributed by atoms with Crippen molar-refractivity contribution in [2.75, 3.05) is 13.7 Å². The standard InChI is InChI=1S/C16H24N2O4S/c1-12-7-5-6-10-16(12,11-17)18-23(20,21)14-9-4-3-8-13(14)15(19)22-2/h3-4,8-9,12,18H,5-7,10-11,17H2,1-2H3. The van der Waals surface area contributed by atoms with Gasteiger partial charge >= 0.3 is 5.97 Å². The van der Waals surface area contributed by atoms with E-state index in [1.165, 1.54) is 19.2 Å². The Morgan fingerprint density at radius 1 is 1.39 bits per heavy atom. The van der Waals surface area contributed by atoms with E-state index in [4.69, 9.17) is 5.73 Å². The smallest absolute Gasteiger partial charge is 0.339 e. The van der Waals surface area contributed by atoms with Crippen LogP contribution >= 0.6 is 0 Å². The van der Waals surface area contributed by atoms with Gasteiger partial charge in [-0.1, -0.05) is 31.9 Å². The number of hydrogen-bond donors (Lipinski definition) is 2. The zero-order valence-electron chi connectivity index (χ0n) is 13.5. The third-order valence-corrected chi connectivity index (χ3v) is 6.35. The summed E-state index contributed by atoms with van der Waals surface area (Å²) >= 11 is 0. The third kappa shape index (κ3) is 3.57. The van der Waals surface area contributed by atoms with Gasteiger partial charge in [0.05, 0.1) is 17.6 Å². The van der Waals surface area contributed by atoms with Gasteiger partial charge in [0.25, 0.3) is 0 Å². The Morgan fingerprint density at radius 2 is 2.09 bits per heavy atom. The molecule has 1 aromatic rings. The highest BCUT2D eigenvalue weighted by Gasteiger charge is 2.41. The number of nitrogens with two attached hydrogens (primary N) is 1. The van der Waals surface area contributed by atoms with Gasteiger partial charge in [-0.2, -0.15) is 0 Å². The van der Waals surface area contributed by atoms with E-state index < -0.39 is 21.5 Å². The van der Waals surface area contributed by atoms with Gasteiger partial charge in [-0.15, -0.1) is 0 Å². The van der Waals surface area contributed by atoms with Crippen molar-refractivity contribution in [1.29, 1.82) is 0 Å². The predicted octanol–water partition coefficient (Wildman–Crippen LogP) is 1.66. The molecular weight excluding hydrogens is 316 g/mol. The van der Waals surface area contributed by atoms with E-state index in [9.17, 15) is 13.2 Å². The van der Waals surface area contributed by atoms with Crippen molar-refractivity contribution in [2.24, 2.45) is 11.7 Å². The normalized spacial score (nSPS) is 25.1. The second kappa shape index (κ2) is 6.98. The predicted molar refractivity (Wildman–Crippen MR) is 87.5 cm³/mol. The van der Waals surface area contributed by atoms with Crippen LogP contribution in [0.4, 0.5) is 0 Å². The maximum atomic E-state index is 12.9. The van der Waals surface area contributed by atoms with Crippen molar-refractivity contribution in [1.82, 2.24) is 4.72 Å². The molecule has 1 aromatic carbocycles. The Bertz CT molecular complexity index is 674. The molecule has 0 spiro atoms. The van der Waals surface area contributed by atoms with E-state index in [0.717, 1.165) is 19.3 Å². The molecule has 0 bridgehead atoms. The maximum Gasteiger partial charge on any atom is 0.339 e. The summed E-state index contributed by atoms with van der Waals surface area (Å²) in [6.07, 6.45) is 3.63. The maximum absolute atomic E-state index is 12.9. The summed E-state index contributed by atoms with van der Waals surface area (Å²) in [6, 6.07) is 6.04. The summed E-state index contributed by atoms with van der Waals surface area (Å²) in [5.74, 6) is -0.536. The average molecular weight is 340 g/mol. The first-order valence-electron chi connectivity index (χ1n) is 7.78. The van der Waals surface area contributed by atoms with E-state index in [1.807, 2.05) is 6.92 Å². The molecule has 128 valence electrons. The summed E-state index contributed by atoms with van der Waals surface area (Å²) in [4.78, 5) is 11.8. The second-order valence-electron chi connectivity index (χ2n) is 6.10. The lowest BCUT2D eigenvalue weighted by atomic mass is 9.74. The van der Waals surface area contributed by atoms with E-state index in [-0.39, 0.29) is 22.9 Å². The van der Waals surface area contributed by atoms with Gasteiger partial charge in [0.15, 0.2) is 0 Å². The van der Waals surface area contributed by atoms with Crippen LogP contribution < -0.4 is 10.5 Å². The first-order chi connectivity index (χ1) is 10.9. The Hall–Kier alpha value is -1.44. The van der Waals surface area contributed by atoms with Gasteiger partial charge in [0, 0.05) is 12.1 Å². The molecular formula is C16H24N2O4S. The monoisotopic (exact) mass is 340 g/mol. The van der Waals surface area contributed by atoms with Crippen molar-refractivity contribution < 1.29 is 17.9 Å². The highest BCUT2D eigenvalue weighted by Crippen LogP contribution is 2.34. The summed E-state index contributed by atoms with van der Waals surface area (Å²) in [5.41, 5.74) is 5.28. The summed E-state index contributed by atoms with van der Waals surface area (Å²) in [7, 11) is -2.65. The second-order valence-corrected chi connectivity index (χ2v) is 7.75. The molecule has 0 aromatic heterocycles. The summed E-state index contributed by atoms with van der Waals surface area (Å²) in [5, 5.41) is 0. The minimum Gasteiger partial charge on any atom is -0.465 e. The number of carbonyl (C=O) groups excluding carboxylic acids is 1. The molecule has 2 unspecified atom stereocenters. The number of sulfonamides is 1. The highest BCUT2D eigenvalue weighted by molar-refractivity contribution is 7.89. The van der Waals surface area contributed by atoms with Crippen LogP contribution in [-0.4, -0.2) is 33.6 Å². The lowest BCUT2D eigenvalue weighted by Gasteiger charge is -2.42. The average Bonchev–Trinajstić information content (AvgIpc) is 2.56. The van der Waals surface area contributed by atoms with Crippen LogP contribution in [0.1, 0.15) is 43.0 Å². The molecule has 0 amide bonds. The van der Waals surface area contributed by atoms with E-state index in [2.05, 4.69) is 9.46 Å². The first kappa shape index (κ1) is 17.9. The number of rotatable bonds is 5. The number of methoxy groups -OCH3 is 1. The fraction of sp³-hybridized carbons (Fsp3) is 0.562. The number of benzene rings is 1. The van der Waals surface area contributed by atoms with Crippen LogP contribution in [0.5, 0.6) is 0 Å². The third-order valence-electron chi connectivity index (χ3n) is 4.74. The number of hydrogen-bond acceptors (Lipinski definition) is 5. The molecule has 2 atom stereocenters. The number of nitrogens with one attached hydrogen (secondary N) is 1. The molecule has 0 radical (unpaired) electrons. The van der Waals surface area contributed by atoms with Gasteiger partial charge in [-0.05, 0) is 30.9 Å². The molecule has 7 heteroatoms. The van der Waals surface area contributed by atoms with Gasteiger partial charge in [0.1, 0.15) is 0 Å². The van der Waals surface area contributed by atoms with Crippen LogP contribution in [0.15, 0.2) is 29.2 Å². The van der Waals surface area contributed by atoms with E-state index in [0.29, 0.717) is 6.42 Å². The van der Waals surface area contributed by atoms with Crippen LogP contribution in [-0.2, 0) is 14.8 Å². The van der Waals surface area contributed by atoms with Gasteiger partial charge in [-0.25, -0.2) is 17.9 Å². The molecule has 0 aliphatic heterocycles. The van der Waals surface area contributed by atoms with Crippen LogP contribution in [0.25, 0.3) is 0 Å². The van der Waals surface area contributed by atoms with Gasteiger partial charge in [-0.3, -0.25) is 0 Å². The molecule has 1 aliphatic rings. The Labute approximate surface area is 137 Å². The lowest BCUT2D eigenvalue weighted by Crippen LogP contribution is -2.59. The van der Waals surface area contributed by atoms with Crippen molar-refractivity contribution in [3.8, 4) is 0 Å². The Morgan fingerprint density at radius 3 is 2.70 bits per heavy atom. The van der Waals surface area contributed by atoms with Crippen molar-refractivity contribution in [2.45, 2.75) is 43.0 Å². The van der Waals surface area contributed by atoms with Crippen molar-refractivity contribution >= 4 is 16.0 Å². The Kier molecular flexibility index (Phi) is 5.44. The molecule has 3 N–H and O–H groups in total. The molecule has 2 rings (SSSR count). The zero-order valence-corrected chi connectivity index (χ0v) is 14.4. The minimum absolute atomic E-state index is 0.0260. The summed E-state index contributed by atoms with van der Waals surface area (Å²) in [6.45, 7) is 2.24. The van der Waals surface area contributed by atoms with E-state index >= 15 is 0 Å². The van der Waals surface area contributed by atoms with Gasteiger partial charge in [0.2, 0.25) is 10.0 Å². The summed E-state index contributed by atoms with van der Waals surface area (Å²) < 4.78 is 33.2. The highest BCUT2D eigenvalue weighted by atomic mass is 32.2. The van der Waals surface area contributed by atoms with Crippen molar-refractivity contribution in [3.05, 3.63) is 29.8 Å². The molecule has 23 heavy (non-hydrogen) atoms. The van der Waals surface area contributed by atoms with Crippen LogP contribution in [0, 0.1) is 5.92 Å². The molecule has 0 saturated heterocycles. The fourth-order valence-electron chi connectivity index (χ4n) is 3.21. The number of carbonyl (C=O) groups is 1. The topological polar surface area (TPSA) is 98.5 Å². The van der Waals surface area contributed by atoms with Crippen LogP contribution in [0.3, 0.4) is 0 Å². The fourth-order valence-corrected chi connectivity index (χ4v) is 4.94. The molecule has 1 aliphatic carbocycles. The number of ether oxygens (including phenoxy) is 1. The zero-order chi connectivity index (χ0) is 17.1. The largest absolute Gasteiger partial charge is 0.465 e.